The molecule has 1 aromatic heterocycles. The van der Waals surface area contributed by atoms with Crippen LogP contribution in [0.1, 0.15) is 43.9 Å². The first-order chi connectivity index (χ1) is 13.1. The van der Waals surface area contributed by atoms with Gasteiger partial charge in [0, 0.05) is 16.5 Å². The number of rotatable bonds is 7. The summed E-state index contributed by atoms with van der Waals surface area (Å²) in [6.45, 7) is 10.5. The molecule has 1 aromatic carbocycles. The summed E-state index contributed by atoms with van der Waals surface area (Å²) < 4.78 is 11.2. The van der Waals surface area contributed by atoms with Crippen molar-refractivity contribution in [2.45, 2.75) is 60.1 Å². The zero-order valence-corrected chi connectivity index (χ0v) is 17.1. The Morgan fingerprint density at radius 1 is 1.14 bits per heavy atom. The number of benzene rings is 1. The van der Waals surface area contributed by atoms with Crippen LogP contribution in [0.15, 0.2) is 21.3 Å². The first kappa shape index (κ1) is 21.5. The van der Waals surface area contributed by atoms with E-state index in [2.05, 4.69) is 5.32 Å². The lowest BCUT2D eigenvalue weighted by atomic mass is 9.99. The smallest absolute Gasteiger partial charge is 0.339 e. The summed E-state index contributed by atoms with van der Waals surface area (Å²) in [4.78, 5) is 35.8. The Balaban J connectivity index is 2.27. The summed E-state index contributed by atoms with van der Waals surface area (Å²) in [5.74, 6) is -1.41. The van der Waals surface area contributed by atoms with Gasteiger partial charge >= 0.3 is 11.6 Å². The number of ether oxygens (including phenoxy) is 1. The molecule has 2 aromatic rings. The Morgan fingerprint density at radius 3 is 2.36 bits per heavy atom. The van der Waals surface area contributed by atoms with Crippen LogP contribution < -0.4 is 15.7 Å². The number of nitrogens with one attached hydrogen (secondary N) is 1. The first-order valence-corrected chi connectivity index (χ1v) is 9.31. The van der Waals surface area contributed by atoms with Crippen LogP contribution in [0, 0.1) is 26.7 Å². The maximum absolute atomic E-state index is 12.4. The van der Waals surface area contributed by atoms with Gasteiger partial charge in [-0.25, -0.2) is 9.59 Å². The standard InChI is InChI=1S/C21H27NO6/c1-7-10(2)17(20(24)25)22-19(23)14(6)27-16-9-8-15-11(3)12(4)21(26)28-18(15)13(16)5/h8-10,14,17H,7H2,1-6H3,(H,22,23)(H,24,25)/t10-,14+,17+/m0/s1. The van der Waals surface area contributed by atoms with Crippen molar-refractivity contribution in [2.75, 3.05) is 0 Å². The van der Waals surface area contributed by atoms with Crippen molar-refractivity contribution >= 4 is 22.8 Å². The molecule has 0 spiro atoms. The van der Waals surface area contributed by atoms with Gasteiger partial charge in [0.25, 0.3) is 5.91 Å². The molecule has 0 saturated carbocycles. The molecule has 28 heavy (non-hydrogen) atoms. The Kier molecular flexibility index (Phi) is 6.48. The van der Waals surface area contributed by atoms with Crippen molar-refractivity contribution in [3.05, 3.63) is 39.2 Å². The Hall–Kier alpha value is -2.83. The van der Waals surface area contributed by atoms with Gasteiger partial charge in [0.1, 0.15) is 17.4 Å². The Labute approximate surface area is 163 Å². The van der Waals surface area contributed by atoms with Crippen LogP contribution in [0.2, 0.25) is 0 Å². The molecule has 3 atom stereocenters. The van der Waals surface area contributed by atoms with E-state index < -0.39 is 29.6 Å². The van der Waals surface area contributed by atoms with Crippen LogP contribution in [0.4, 0.5) is 0 Å². The maximum Gasteiger partial charge on any atom is 0.339 e. The van der Waals surface area contributed by atoms with Gasteiger partial charge in [-0.3, -0.25) is 4.79 Å². The number of aryl methyl sites for hydroxylation is 2. The van der Waals surface area contributed by atoms with Crippen molar-refractivity contribution in [3.63, 3.8) is 0 Å². The number of hydrogen-bond acceptors (Lipinski definition) is 5. The summed E-state index contributed by atoms with van der Waals surface area (Å²) >= 11 is 0. The lowest BCUT2D eigenvalue weighted by Crippen LogP contribution is -2.49. The van der Waals surface area contributed by atoms with E-state index in [-0.39, 0.29) is 5.92 Å². The average molecular weight is 389 g/mol. The average Bonchev–Trinajstić information content (AvgIpc) is 2.65. The van der Waals surface area contributed by atoms with Gasteiger partial charge in [-0.2, -0.15) is 0 Å². The van der Waals surface area contributed by atoms with Gasteiger partial charge in [0.05, 0.1) is 0 Å². The van der Waals surface area contributed by atoms with Gasteiger partial charge in [-0.15, -0.1) is 0 Å². The lowest BCUT2D eigenvalue weighted by molar-refractivity contribution is -0.144. The van der Waals surface area contributed by atoms with Crippen molar-refractivity contribution in [2.24, 2.45) is 5.92 Å². The maximum atomic E-state index is 12.4. The van der Waals surface area contributed by atoms with E-state index in [1.807, 2.05) is 13.8 Å². The van der Waals surface area contributed by atoms with E-state index in [0.717, 1.165) is 10.9 Å². The van der Waals surface area contributed by atoms with E-state index in [9.17, 15) is 19.5 Å². The second-order valence-corrected chi connectivity index (χ2v) is 7.18. The van der Waals surface area contributed by atoms with Crippen molar-refractivity contribution in [3.8, 4) is 5.75 Å². The number of aliphatic carboxylic acids is 1. The molecule has 2 rings (SSSR count). The highest BCUT2D eigenvalue weighted by molar-refractivity contribution is 5.87. The lowest BCUT2D eigenvalue weighted by Gasteiger charge is -2.23. The van der Waals surface area contributed by atoms with Gasteiger partial charge in [0.2, 0.25) is 0 Å². The van der Waals surface area contributed by atoms with Crippen LogP contribution in [0.25, 0.3) is 11.0 Å². The summed E-state index contributed by atoms with van der Waals surface area (Å²) in [5, 5.41) is 12.7. The topological polar surface area (TPSA) is 106 Å². The minimum Gasteiger partial charge on any atom is -0.480 e. The van der Waals surface area contributed by atoms with E-state index in [1.54, 1.807) is 39.8 Å². The fourth-order valence-electron chi connectivity index (χ4n) is 2.95. The van der Waals surface area contributed by atoms with Crippen LogP contribution in [-0.2, 0) is 9.59 Å². The first-order valence-electron chi connectivity index (χ1n) is 9.31. The molecule has 2 N–H and O–H groups in total. The quantitative estimate of drug-likeness (QED) is 0.705. The fraction of sp³-hybridized carbons (Fsp3) is 0.476. The normalized spacial score (nSPS) is 14.4. The molecule has 0 aliphatic carbocycles. The second kappa shape index (κ2) is 8.46. The molecule has 0 aliphatic heterocycles. The Bertz CT molecular complexity index is 962. The predicted molar refractivity (Wildman–Crippen MR) is 106 cm³/mol. The molecule has 7 heteroatoms. The molecular formula is C21H27NO6. The SMILES string of the molecule is CC[C@H](C)[C@@H](NC(=O)[C@@H](C)Oc1ccc2c(C)c(C)c(=O)oc2c1C)C(=O)O. The molecule has 0 saturated heterocycles. The number of fused-ring (bicyclic) bond motifs is 1. The zero-order chi connectivity index (χ0) is 21.2. The van der Waals surface area contributed by atoms with E-state index in [1.165, 1.54) is 0 Å². The molecule has 1 amide bonds. The summed E-state index contributed by atoms with van der Waals surface area (Å²) in [5.41, 5.74) is 2.01. The van der Waals surface area contributed by atoms with Crippen LogP contribution in [0.3, 0.4) is 0 Å². The molecule has 0 fully saturated rings. The third kappa shape index (κ3) is 4.18. The molecule has 0 bridgehead atoms. The molecule has 7 nitrogen and oxygen atoms in total. The minimum atomic E-state index is -1.08. The highest BCUT2D eigenvalue weighted by Crippen LogP contribution is 2.29. The Morgan fingerprint density at radius 2 is 1.79 bits per heavy atom. The predicted octanol–water partition coefficient (Wildman–Crippen LogP) is 3.10. The van der Waals surface area contributed by atoms with Crippen LogP contribution >= 0.6 is 0 Å². The van der Waals surface area contributed by atoms with Gasteiger partial charge < -0.3 is 19.6 Å². The number of hydrogen-bond donors (Lipinski definition) is 2. The minimum absolute atomic E-state index is 0.212. The number of carboxylic acids is 1. The molecule has 1 heterocycles. The molecule has 152 valence electrons. The monoisotopic (exact) mass is 389 g/mol. The highest BCUT2D eigenvalue weighted by atomic mass is 16.5. The number of carbonyl (C=O) groups is 2. The molecule has 0 radical (unpaired) electrons. The number of carboxylic acid groups (broad SMARTS) is 1. The van der Waals surface area contributed by atoms with Gasteiger partial charge in [-0.05, 0) is 51.3 Å². The highest BCUT2D eigenvalue weighted by Gasteiger charge is 2.28. The van der Waals surface area contributed by atoms with Crippen molar-refractivity contribution in [1.82, 2.24) is 5.32 Å². The number of carbonyl (C=O) groups excluding carboxylic acids is 1. The molecule has 0 unspecified atom stereocenters. The third-order valence-corrected chi connectivity index (χ3v) is 5.27. The summed E-state index contributed by atoms with van der Waals surface area (Å²) in [6.07, 6.45) is -0.297. The van der Waals surface area contributed by atoms with Gasteiger partial charge in [-0.1, -0.05) is 20.3 Å². The fourth-order valence-corrected chi connectivity index (χ4v) is 2.95. The number of amides is 1. The van der Waals surface area contributed by atoms with Crippen LogP contribution in [0.5, 0.6) is 5.75 Å². The second-order valence-electron chi connectivity index (χ2n) is 7.18. The largest absolute Gasteiger partial charge is 0.480 e. The van der Waals surface area contributed by atoms with Gasteiger partial charge in [0.15, 0.2) is 6.10 Å². The van der Waals surface area contributed by atoms with E-state index >= 15 is 0 Å². The van der Waals surface area contributed by atoms with Crippen LogP contribution in [-0.4, -0.2) is 29.1 Å². The molecule has 0 aliphatic rings. The van der Waals surface area contributed by atoms with Crippen molar-refractivity contribution in [1.29, 1.82) is 0 Å². The summed E-state index contributed by atoms with van der Waals surface area (Å²) in [7, 11) is 0. The third-order valence-electron chi connectivity index (χ3n) is 5.27. The van der Waals surface area contributed by atoms with E-state index in [4.69, 9.17) is 9.15 Å². The molecular weight excluding hydrogens is 362 g/mol. The van der Waals surface area contributed by atoms with Crippen molar-refractivity contribution < 1.29 is 23.8 Å². The zero-order valence-electron chi connectivity index (χ0n) is 17.1. The van der Waals surface area contributed by atoms with E-state index in [0.29, 0.717) is 28.9 Å². The summed E-state index contributed by atoms with van der Waals surface area (Å²) in [6, 6.07) is 2.52.